The lowest BCUT2D eigenvalue weighted by Crippen LogP contribution is -2.56. The van der Waals surface area contributed by atoms with E-state index in [1.165, 1.54) is 0 Å². The molecular formula is C18H20N4O2. The number of hydrogen-bond donors (Lipinski definition) is 0. The van der Waals surface area contributed by atoms with Crippen LogP contribution >= 0.6 is 0 Å². The summed E-state index contributed by atoms with van der Waals surface area (Å²) >= 11 is 0. The number of nitriles is 1. The van der Waals surface area contributed by atoms with Crippen LogP contribution in [0.4, 0.5) is 0 Å². The summed E-state index contributed by atoms with van der Waals surface area (Å²) in [5.74, 6) is 0.832. The molecule has 0 N–H and O–H groups in total. The normalized spacial score (nSPS) is 14.2. The van der Waals surface area contributed by atoms with Crippen molar-refractivity contribution in [1.82, 2.24) is 14.7 Å². The van der Waals surface area contributed by atoms with E-state index in [1.54, 1.807) is 29.2 Å². The highest BCUT2D eigenvalue weighted by atomic mass is 16.5. The monoisotopic (exact) mass is 324 g/mol. The molecule has 1 aliphatic rings. The average molecular weight is 324 g/mol. The first-order valence-electron chi connectivity index (χ1n) is 7.91. The largest absolute Gasteiger partial charge is 0.487 e. The minimum atomic E-state index is 0.0120. The number of carbonyl (C=O) groups is 1. The molecule has 0 radical (unpaired) electrons. The second kappa shape index (κ2) is 6.36. The summed E-state index contributed by atoms with van der Waals surface area (Å²) in [6.45, 7) is 5.10. The molecule has 6 nitrogen and oxygen atoms in total. The lowest BCUT2D eigenvalue weighted by Gasteiger charge is -2.39. The maximum absolute atomic E-state index is 12.4. The highest BCUT2D eigenvalue weighted by molar-refractivity contribution is 5.80. The van der Waals surface area contributed by atoms with Crippen molar-refractivity contribution in [3.8, 4) is 11.8 Å². The fraction of sp³-hybridized carbons (Fsp3) is 0.389. The molecule has 24 heavy (non-hydrogen) atoms. The number of rotatable bonds is 4. The molecule has 124 valence electrons. The Morgan fingerprint density at radius 3 is 2.54 bits per heavy atom. The lowest BCUT2D eigenvalue weighted by atomic mass is 10.1. The first-order chi connectivity index (χ1) is 11.5. The van der Waals surface area contributed by atoms with Crippen LogP contribution in [0.2, 0.25) is 0 Å². The Kier molecular flexibility index (Phi) is 4.26. The van der Waals surface area contributed by atoms with Crippen molar-refractivity contribution in [2.75, 3.05) is 13.1 Å². The molecule has 1 saturated heterocycles. The summed E-state index contributed by atoms with van der Waals surface area (Å²) in [5, 5.41) is 13.1. The first-order valence-corrected chi connectivity index (χ1v) is 7.91. The van der Waals surface area contributed by atoms with Crippen LogP contribution in [0.3, 0.4) is 0 Å². The van der Waals surface area contributed by atoms with Gasteiger partial charge in [-0.05, 0) is 38.1 Å². The third-order valence-electron chi connectivity index (χ3n) is 4.47. The van der Waals surface area contributed by atoms with Crippen LogP contribution in [0.1, 0.15) is 22.5 Å². The van der Waals surface area contributed by atoms with E-state index >= 15 is 0 Å². The molecule has 1 fully saturated rings. The third-order valence-corrected chi connectivity index (χ3v) is 4.47. The van der Waals surface area contributed by atoms with Gasteiger partial charge in [-0.25, -0.2) is 0 Å². The molecule has 6 heteroatoms. The van der Waals surface area contributed by atoms with Crippen LogP contribution in [-0.4, -0.2) is 39.8 Å². The van der Waals surface area contributed by atoms with Gasteiger partial charge in [0.25, 0.3) is 0 Å². The number of aromatic nitrogens is 2. The summed E-state index contributed by atoms with van der Waals surface area (Å²) in [5.41, 5.74) is 3.56. The fourth-order valence-electron chi connectivity index (χ4n) is 2.85. The Morgan fingerprint density at radius 2 is 2.00 bits per heavy atom. The van der Waals surface area contributed by atoms with Crippen LogP contribution in [0.15, 0.2) is 24.3 Å². The first kappa shape index (κ1) is 16.1. The van der Waals surface area contributed by atoms with Gasteiger partial charge in [0.05, 0.1) is 36.8 Å². The topological polar surface area (TPSA) is 71.2 Å². The van der Waals surface area contributed by atoms with E-state index < -0.39 is 0 Å². The number of aryl methyl sites for hydroxylation is 2. The maximum atomic E-state index is 12.4. The van der Waals surface area contributed by atoms with E-state index in [0.29, 0.717) is 25.1 Å². The van der Waals surface area contributed by atoms with Crippen molar-refractivity contribution in [2.24, 2.45) is 7.05 Å². The Labute approximate surface area is 141 Å². The van der Waals surface area contributed by atoms with E-state index in [9.17, 15) is 4.79 Å². The maximum Gasteiger partial charge on any atom is 0.227 e. The Balaban J connectivity index is 1.52. The highest BCUT2D eigenvalue weighted by Gasteiger charge is 2.32. The van der Waals surface area contributed by atoms with Crippen molar-refractivity contribution in [1.29, 1.82) is 5.26 Å². The smallest absolute Gasteiger partial charge is 0.227 e. The molecule has 2 aromatic rings. The van der Waals surface area contributed by atoms with Crippen LogP contribution in [-0.2, 0) is 18.3 Å². The van der Waals surface area contributed by atoms with Crippen molar-refractivity contribution >= 4 is 5.91 Å². The van der Waals surface area contributed by atoms with Crippen LogP contribution in [0.5, 0.6) is 5.75 Å². The SMILES string of the molecule is Cc1nn(C)c(C)c1CC(=O)N1CC(Oc2ccc(C#N)cc2)C1. The van der Waals surface area contributed by atoms with Gasteiger partial charge < -0.3 is 9.64 Å². The van der Waals surface area contributed by atoms with Gasteiger partial charge in [-0.3, -0.25) is 9.48 Å². The summed E-state index contributed by atoms with van der Waals surface area (Å²) in [4.78, 5) is 14.2. The Hall–Kier alpha value is -2.81. The number of ether oxygens (including phenoxy) is 1. The number of amides is 1. The molecule has 0 saturated carbocycles. The summed E-state index contributed by atoms with van der Waals surface area (Å²) < 4.78 is 7.62. The molecule has 1 aromatic heterocycles. The van der Waals surface area contributed by atoms with Gasteiger partial charge in [-0.1, -0.05) is 0 Å². The molecule has 1 aromatic carbocycles. The van der Waals surface area contributed by atoms with Crippen molar-refractivity contribution < 1.29 is 9.53 Å². The molecule has 0 bridgehead atoms. The van der Waals surface area contributed by atoms with Crippen molar-refractivity contribution in [2.45, 2.75) is 26.4 Å². The number of carbonyl (C=O) groups excluding carboxylic acids is 1. The molecule has 3 rings (SSSR count). The van der Waals surface area contributed by atoms with Gasteiger partial charge in [0.15, 0.2) is 0 Å². The van der Waals surface area contributed by atoms with Gasteiger partial charge in [0, 0.05) is 18.3 Å². The molecule has 2 heterocycles. The van der Waals surface area contributed by atoms with E-state index in [2.05, 4.69) is 11.2 Å². The van der Waals surface area contributed by atoms with Gasteiger partial charge >= 0.3 is 0 Å². The summed E-state index contributed by atoms with van der Waals surface area (Å²) in [7, 11) is 1.89. The Bertz CT molecular complexity index is 796. The third kappa shape index (κ3) is 3.11. The zero-order valence-corrected chi connectivity index (χ0v) is 14.1. The summed E-state index contributed by atoms with van der Waals surface area (Å²) in [6.07, 6.45) is 0.396. The van der Waals surface area contributed by atoms with Crippen molar-refractivity contribution in [3.63, 3.8) is 0 Å². The molecular weight excluding hydrogens is 304 g/mol. The van der Waals surface area contributed by atoms with E-state index in [4.69, 9.17) is 10.00 Å². The van der Waals surface area contributed by atoms with Gasteiger partial charge in [0.1, 0.15) is 11.9 Å². The fourth-order valence-corrected chi connectivity index (χ4v) is 2.85. The van der Waals surface area contributed by atoms with E-state index in [1.807, 2.05) is 25.6 Å². The standard InChI is InChI=1S/C18H20N4O2/c1-12-17(13(2)21(3)20-12)8-18(23)22-10-16(11-22)24-15-6-4-14(9-19)5-7-15/h4-7,16H,8,10-11H2,1-3H3. The second-order valence-corrected chi connectivity index (χ2v) is 6.12. The van der Waals surface area contributed by atoms with Crippen LogP contribution in [0.25, 0.3) is 0 Å². The highest BCUT2D eigenvalue weighted by Crippen LogP contribution is 2.20. The molecule has 1 amide bonds. The Morgan fingerprint density at radius 1 is 1.33 bits per heavy atom. The number of likely N-dealkylation sites (tertiary alicyclic amines) is 1. The van der Waals surface area contributed by atoms with Gasteiger partial charge in [-0.2, -0.15) is 10.4 Å². The molecule has 0 aliphatic carbocycles. The second-order valence-electron chi connectivity index (χ2n) is 6.12. The number of hydrogen-bond acceptors (Lipinski definition) is 4. The molecule has 0 atom stereocenters. The quantitative estimate of drug-likeness (QED) is 0.859. The van der Waals surface area contributed by atoms with Gasteiger partial charge in [0.2, 0.25) is 5.91 Å². The van der Waals surface area contributed by atoms with Crippen molar-refractivity contribution in [3.05, 3.63) is 46.8 Å². The molecule has 1 aliphatic heterocycles. The predicted octanol–water partition coefficient (Wildman–Crippen LogP) is 1.74. The zero-order valence-electron chi connectivity index (χ0n) is 14.1. The van der Waals surface area contributed by atoms with Crippen LogP contribution < -0.4 is 4.74 Å². The average Bonchev–Trinajstić information content (AvgIpc) is 2.77. The lowest BCUT2D eigenvalue weighted by molar-refractivity contribution is -0.139. The number of nitrogens with zero attached hydrogens (tertiary/aromatic N) is 4. The van der Waals surface area contributed by atoms with Crippen LogP contribution in [0, 0.1) is 25.2 Å². The number of benzene rings is 1. The summed E-state index contributed by atoms with van der Waals surface area (Å²) in [6, 6.07) is 9.10. The predicted molar refractivity (Wildman–Crippen MR) is 88.5 cm³/mol. The van der Waals surface area contributed by atoms with E-state index in [-0.39, 0.29) is 12.0 Å². The zero-order chi connectivity index (χ0) is 17.3. The minimum absolute atomic E-state index is 0.0120. The van der Waals surface area contributed by atoms with E-state index in [0.717, 1.165) is 22.7 Å². The molecule has 0 unspecified atom stereocenters. The van der Waals surface area contributed by atoms with Gasteiger partial charge in [-0.15, -0.1) is 0 Å². The molecule has 0 spiro atoms. The minimum Gasteiger partial charge on any atom is -0.487 e.